The molecule has 0 spiro atoms. The molecular weight excluding hydrogens is 618 g/mol. The van der Waals surface area contributed by atoms with Gasteiger partial charge in [-0.25, -0.2) is 23.8 Å². The Kier molecular flexibility index (Phi) is 7.80. The summed E-state index contributed by atoms with van der Waals surface area (Å²) in [6.07, 6.45) is -1.07. The summed E-state index contributed by atoms with van der Waals surface area (Å²) < 4.78 is 54.1. The molecule has 4 aromatic heterocycles. The third-order valence-electron chi connectivity index (χ3n) is 6.77. The lowest BCUT2D eigenvalue weighted by atomic mass is 10.2. The van der Waals surface area contributed by atoms with Crippen LogP contribution in [0.3, 0.4) is 0 Å². The molecule has 8 N–H and O–H groups in total. The molecule has 4 aromatic rings. The van der Waals surface area contributed by atoms with E-state index in [0.717, 1.165) is 0 Å². The van der Waals surface area contributed by atoms with Crippen molar-refractivity contribution in [2.24, 2.45) is 0 Å². The summed E-state index contributed by atoms with van der Waals surface area (Å²) in [5, 5.41) is 8.12. The van der Waals surface area contributed by atoms with Crippen LogP contribution in [-0.4, -0.2) is 85.7 Å². The minimum atomic E-state index is -4.85. The van der Waals surface area contributed by atoms with Crippen LogP contribution in [0.4, 0.5) is 11.8 Å². The number of nitrogens with two attached hydrogens (primary N) is 2. The molecule has 0 aliphatic carbocycles. The van der Waals surface area contributed by atoms with Crippen LogP contribution in [0, 0.1) is 0 Å². The zero-order valence-corrected chi connectivity index (χ0v) is 23.7. The van der Waals surface area contributed by atoms with Crippen LogP contribution >= 0.6 is 15.6 Å². The van der Waals surface area contributed by atoms with E-state index in [9.17, 15) is 18.8 Å². The number of imidazole rings is 1. The zero-order valence-electron chi connectivity index (χ0n) is 21.9. The highest BCUT2D eigenvalue weighted by Crippen LogP contribution is 2.50. The van der Waals surface area contributed by atoms with Crippen molar-refractivity contribution in [3.05, 3.63) is 28.9 Å². The largest absolute Gasteiger partial charge is 0.472 e. The van der Waals surface area contributed by atoms with E-state index in [1.165, 1.54) is 17.1 Å². The number of aromatic amines is 1. The predicted molar refractivity (Wildman–Crippen MR) is 143 cm³/mol. The number of anilines is 2. The van der Waals surface area contributed by atoms with Crippen LogP contribution in [0.1, 0.15) is 31.7 Å². The number of nitrogen functional groups attached to an aromatic ring is 2. The fraction of sp³-hybridized carbons (Fsp3) is 0.500. The Morgan fingerprint density at radius 1 is 1.07 bits per heavy atom. The second-order valence-corrected chi connectivity index (χ2v) is 12.4. The Morgan fingerprint density at radius 2 is 1.86 bits per heavy atom. The number of pyridine rings is 1. The standard InChI is InChI=1S/C20H26N10O11P2/c21-16-14-11(3-4-23-16)30(28-27-14)13-2-1-9(39-13)6-38-43(35,36)41-12-5-10(7-37-42(32,33)34)40-19(12)29-8-24-15-17(29)25-20(22)26-18(15)31/h3-4,8-10,12-13,19H,1-2,5-7H2,(H2,21,23)(H,35,36)(H2,32,33,34)(H3,22,25,26,31)/t9-,10-,12?,13+,19+/m0/s1. The topological polar surface area (TPSA) is 300 Å². The molecule has 0 aromatic carbocycles. The summed E-state index contributed by atoms with van der Waals surface area (Å²) >= 11 is 0. The van der Waals surface area contributed by atoms with Gasteiger partial charge >= 0.3 is 15.6 Å². The van der Waals surface area contributed by atoms with Gasteiger partial charge in [-0.15, -0.1) is 5.10 Å². The average molecular weight is 644 g/mol. The van der Waals surface area contributed by atoms with Gasteiger partial charge in [-0.05, 0) is 18.9 Å². The van der Waals surface area contributed by atoms with Gasteiger partial charge in [0.1, 0.15) is 6.10 Å². The van der Waals surface area contributed by atoms with Crippen LogP contribution in [0.5, 0.6) is 0 Å². The van der Waals surface area contributed by atoms with Crippen molar-refractivity contribution < 1.29 is 46.9 Å². The number of ether oxygens (including phenoxy) is 2. The molecule has 21 nitrogen and oxygen atoms in total. The average Bonchev–Trinajstić information content (AvgIpc) is 3.71. The molecule has 232 valence electrons. The SMILES string of the molecule is Nc1nc2c(ncn2[C@@H]2O[C@H](COP(=O)(O)O)CC2OP(=O)(O)OC[C@@H]2CC[C@H](n3nnc4c(N)nccc43)O2)c(=O)[nH]1. The minimum Gasteiger partial charge on any atom is -0.382 e. The third-order valence-corrected chi connectivity index (χ3v) is 8.27. The van der Waals surface area contributed by atoms with Crippen LogP contribution in [0.15, 0.2) is 23.4 Å². The number of phosphoric ester groups is 2. The van der Waals surface area contributed by atoms with Crippen molar-refractivity contribution in [3.8, 4) is 0 Å². The van der Waals surface area contributed by atoms with Crippen molar-refractivity contribution in [3.63, 3.8) is 0 Å². The Hall–Kier alpha value is -3.36. The minimum absolute atomic E-state index is 0.0198. The highest BCUT2D eigenvalue weighted by Gasteiger charge is 2.44. The fourth-order valence-electron chi connectivity index (χ4n) is 4.94. The number of fused-ring (bicyclic) bond motifs is 2. The third kappa shape index (κ3) is 6.31. The van der Waals surface area contributed by atoms with Crippen LogP contribution in [0.2, 0.25) is 0 Å². The normalized spacial score (nSPS) is 26.0. The summed E-state index contributed by atoms with van der Waals surface area (Å²) in [4.78, 5) is 55.3. The van der Waals surface area contributed by atoms with Gasteiger partial charge in [0.15, 0.2) is 35.0 Å². The number of nitrogens with zero attached hydrogens (tertiary/aromatic N) is 7. The molecule has 0 radical (unpaired) electrons. The summed E-state index contributed by atoms with van der Waals surface area (Å²) in [6.45, 7) is -0.888. The van der Waals surface area contributed by atoms with Crippen molar-refractivity contribution >= 4 is 49.6 Å². The molecule has 23 heteroatoms. The van der Waals surface area contributed by atoms with E-state index in [1.54, 1.807) is 10.7 Å². The van der Waals surface area contributed by atoms with E-state index in [4.69, 9.17) is 39.8 Å². The first-order chi connectivity index (χ1) is 20.4. The van der Waals surface area contributed by atoms with Gasteiger partial charge in [0.05, 0.1) is 37.3 Å². The maximum absolute atomic E-state index is 13.0. The Labute approximate surface area is 239 Å². The zero-order chi connectivity index (χ0) is 30.5. The summed E-state index contributed by atoms with van der Waals surface area (Å²) in [7, 11) is -9.63. The molecule has 43 heavy (non-hydrogen) atoms. The van der Waals surface area contributed by atoms with E-state index in [2.05, 4.69) is 34.8 Å². The molecule has 6 atom stereocenters. The molecule has 2 unspecified atom stereocenters. The molecular formula is C20H26N10O11P2. The molecule has 0 bridgehead atoms. The van der Waals surface area contributed by atoms with Crippen molar-refractivity contribution in [2.45, 2.75) is 50.0 Å². The quantitative estimate of drug-likeness (QED) is 0.121. The van der Waals surface area contributed by atoms with Gasteiger partial charge in [0, 0.05) is 12.6 Å². The second kappa shape index (κ2) is 11.3. The molecule has 0 amide bonds. The molecule has 2 saturated heterocycles. The fourth-order valence-corrected chi connectivity index (χ4v) is 6.25. The van der Waals surface area contributed by atoms with E-state index >= 15 is 0 Å². The molecule has 6 rings (SSSR count). The van der Waals surface area contributed by atoms with Gasteiger partial charge in [-0.2, -0.15) is 4.98 Å². The Bertz CT molecular complexity index is 1810. The Balaban J connectivity index is 1.14. The number of hydrogen-bond acceptors (Lipinski definition) is 15. The van der Waals surface area contributed by atoms with E-state index in [0.29, 0.717) is 23.9 Å². The maximum Gasteiger partial charge on any atom is 0.472 e. The van der Waals surface area contributed by atoms with Crippen molar-refractivity contribution in [2.75, 3.05) is 24.7 Å². The van der Waals surface area contributed by atoms with E-state index < -0.39 is 58.6 Å². The molecule has 0 saturated carbocycles. The van der Waals surface area contributed by atoms with Gasteiger partial charge in [-0.1, -0.05) is 5.21 Å². The van der Waals surface area contributed by atoms with Crippen LogP contribution in [0.25, 0.3) is 22.2 Å². The summed E-state index contributed by atoms with van der Waals surface area (Å²) in [5.41, 5.74) is 11.8. The molecule has 2 aliphatic rings. The molecule has 6 heterocycles. The van der Waals surface area contributed by atoms with Gasteiger partial charge in [0.2, 0.25) is 5.95 Å². The number of H-pyrrole nitrogens is 1. The Morgan fingerprint density at radius 3 is 2.65 bits per heavy atom. The monoisotopic (exact) mass is 644 g/mol. The van der Waals surface area contributed by atoms with Crippen molar-refractivity contribution in [1.82, 2.24) is 39.5 Å². The maximum atomic E-state index is 13.0. The lowest BCUT2D eigenvalue weighted by molar-refractivity contribution is -0.0538. The second-order valence-electron chi connectivity index (χ2n) is 9.74. The van der Waals surface area contributed by atoms with Crippen LogP contribution in [-0.2, 0) is 32.2 Å². The first-order valence-electron chi connectivity index (χ1n) is 12.7. The van der Waals surface area contributed by atoms with Gasteiger partial charge < -0.3 is 35.6 Å². The number of hydrogen-bond donors (Lipinski definition) is 6. The number of nitrogens with one attached hydrogen (secondary N) is 1. The number of aromatic nitrogens is 8. The van der Waals surface area contributed by atoms with E-state index in [1.807, 2.05) is 0 Å². The number of rotatable bonds is 10. The first-order valence-corrected chi connectivity index (χ1v) is 15.7. The first kappa shape index (κ1) is 29.7. The summed E-state index contributed by atoms with van der Waals surface area (Å²) in [5.74, 6) is 0.000579. The van der Waals surface area contributed by atoms with Gasteiger partial charge in [-0.3, -0.25) is 27.9 Å². The smallest absolute Gasteiger partial charge is 0.382 e. The molecule has 2 fully saturated rings. The van der Waals surface area contributed by atoms with Gasteiger partial charge in [0.25, 0.3) is 5.56 Å². The predicted octanol–water partition coefficient (Wildman–Crippen LogP) is -0.300. The number of phosphoric acid groups is 2. The highest BCUT2D eigenvalue weighted by atomic mass is 31.2. The summed E-state index contributed by atoms with van der Waals surface area (Å²) in [6, 6.07) is 1.69. The lowest BCUT2D eigenvalue weighted by Crippen LogP contribution is -2.24. The lowest BCUT2D eigenvalue weighted by Gasteiger charge is -2.23. The van der Waals surface area contributed by atoms with Crippen molar-refractivity contribution in [1.29, 1.82) is 0 Å². The van der Waals surface area contributed by atoms with E-state index in [-0.39, 0.29) is 36.0 Å². The van der Waals surface area contributed by atoms with Crippen LogP contribution < -0.4 is 17.0 Å². The molecule has 2 aliphatic heterocycles. The highest BCUT2D eigenvalue weighted by molar-refractivity contribution is 7.47.